The normalized spacial score (nSPS) is 22.6. The molecule has 1 fully saturated rings. The Hall–Kier alpha value is -1.35. The number of rotatable bonds is 0. The highest BCUT2D eigenvalue weighted by Crippen LogP contribution is 2.37. The van der Waals surface area contributed by atoms with Crippen LogP contribution in [0.1, 0.15) is 19.3 Å². The first-order chi connectivity index (χ1) is 7.80. The molecule has 1 aromatic rings. The molecule has 3 heteroatoms. The van der Waals surface area contributed by atoms with Gasteiger partial charge in [0.2, 0.25) is 0 Å². The summed E-state index contributed by atoms with van der Waals surface area (Å²) in [4.78, 5) is 11.8. The van der Waals surface area contributed by atoms with E-state index < -0.39 is 0 Å². The molecule has 16 heavy (non-hydrogen) atoms. The van der Waals surface area contributed by atoms with Gasteiger partial charge in [0.05, 0.1) is 13.1 Å². The Morgan fingerprint density at radius 1 is 1.06 bits per heavy atom. The first kappa shape index (κ1) is 9.85. The van der Waals surface area contributed by atoms with Crippen molar-refractivity contribution in [2.24, 2.45) is 0 Å². The fourth-order valence-corrected chi connectivity index (χ4v) is 3.06. The second-order valence-corrected chi connectivity index (χ2v) is 4.88. The zero-order valence-electron chi connectivity index (χ0n) is 9.41. The molecular weight excluding hydrogens is 200 g/mol. The van der Waals surface area contributed by atoms with Gasteiger partial charge in [0, 0.05) is 6.07 Å². The summed E-state index contributed by atoms with van der Waals surface area (Å²) in [6.07, 6.45) is 3.78. The van der Waals surface area contributed by atoms with Gasteiger partial charge in [-0.2, -0.15) is 0 Å². The Labute approximate surface area is 95.7 Å². The number of anilines is 1. The van der Waals surface area contributed by atoms with Crippen LogP contribution < -0.4 is 9.80 Å². The molecule has 1 N–H and O–H groups in total. The molecular formula is C13H17N2O+. The van der Waals surface area contributed by atoms with Crippen LogP contribution in [0.15, 0.2) is 24.3 Å². The van der Waals surface area contributed by atoms with E-state index in [0.29, 0.717) is 6.54 Å². The molecule has 0 aromatic heterocycles. The van der Waals surface area contributed by atoms with E-state index in [-0.39, 0.29) is 5.91 Å². The second-order valence-electron chi connectivity index (χ2n) is 4.88. The fraction of sp³-hybridized carbons (Fsp3) is 0.462. The molecule has 0 unspecified atom stereocenters. The minimum Gasteiger partial charge on any atom is -0.316 e. The average Bonchev–Trinajstić information content (AvgIpc) is 2.30. The summed E-state index contributed by atoms with van der Waals surface area (Å²) in [7, 11) is 0. The van der Waals surface area contributed by atoms with Gasteiger partial charge in [-0.3, -0.25) is 9.28 Å². The average molecular weight is 217 g/mol. The number of nitrogens with zero attached hydrogens (tertiary/aromatic N) is 1. The molecule has 2 heterocycles. The number of hydrogen-bond acceptors (Lipinski definition) is 1. The van der Waals surface area contributed by atoms with Crippen molar-refractivity contribution in [1.82, 2.24) is 4.48 Å². The quantitative estimate of drug-likeness (QED) is 0.663. The van der Waals surface area contributed by atoms with Gasteiger partial charge >= 0.3 is 0 Å². The minimum atomic E-state index is 0.167. The lowest BCUT2D eigenvalue weighted by Crippen LogP contribution is -2.58. The monoisotopic (exact) mass is 217 g/mol. The summed E-state index contributed by atoms with van der Waals surface area (Å²) in [6, 6.07) is 8.25. The smallest absolute Gasteiger partial charge is 0.280 e. The maximum absolute atomic E-state index is 11.8. The van der Waals surface area contributed by atoms with Crippen molar-refractivity contribution in [3.05, 3.63) is 24.3 Å². The van der Waals surface area contributed by atoms with Crippen LogP contribution in [0.25, 0.3) is 0 Å². The third-order valence-electron chi connectivity index (χ3n) is 3.81. The molecule has 0 saturated carbocycles. The fourth-order valence-electron chi connectivity index (χ4n) is 3.06. The Morgan fingerprint density at radius 3 is 2.62 bits per heavy atom. The number of carbonyl (C=O) groups is 1. The number of quaternary nitrogens is 1. The highest BCUT2D eigenvalue weighted by atomic mass is 16.2. The molecule has 3 rings (SSSR count). The van der Waals surface area contributed by atoms with Crippen molar-refractivity contribution >= 4 is 17.3 Å². The van der Waals surface area contributed by atoms with Crippen molar-refractivity contribution < 1.29 is 4.79 Å². The molecule has 0 atom stereocenters. The van der Waals surface area contributed by atoms with E-state index in [2.05, 4.69) is 17.4 Å². The van der Waals surface area contributed by atoms with Gasteiger partial charge in [0.1, 0.15) is 5.69 Å². The summed E-state index contributed by atoms with van der Waals surface area (Å²) in [6.45, 7) is 2.85. The predicted octanol–water partition coefficient (Wildman–Crippen LogP) is 2.13. The Morgan fingerprint density at radius 2 is 1.81 bits per heavy atom. The highest BCUT2D eigenvalue weighted by molar-refractivity contribution is 5.99. The van der Waals surface area contributed by atoms with Crippen LogP contribution >= 0.6 is 0 Å². The molecule has 0 bridgehead atoms. The van der Waals surface area contributed by atoms with E-state index in [9.17, 15) is 4.79 Å². The lowest BCUT2D eigenvalue weighted by molar-refractivity contribution is -0.117. The van der Waals surface area contributed by atoms with Crippen molar-refractivity contribution in [2.75, 3.05) is 25.0 Å². The van der Waals surface area contributed by atoms with Gasteiger partial charge in [-0.05, 0) is 25.3 Å². The molecule has 1 spiro atoms. The van der Waals surface area contributed by atoms with E-state index >= 15 is 0 Å². The maximum Gasteiger partial charge on any atom is 0.280 e. The van der Waals surface area contributed by atoms with Crippen LogP contribution in [0.3, 0.4) is 0 Å². The van der Waals surface area contributed by atoms with Gasteiger partial charge in [0.15, 0.2) is 12.2 Å². The topological polar surface area (TPSA) is 29.1 Å². The van der Waals surface area contributed by atoms with Gasteiger partial charge in [-0.1, -0.05) is 12.1 Å². The van der Waals surface area contributed by atoms with E-state index in [1.807, 2.05) is 12.1 Å². The van der Waals surface area contributed by atoms with Gasteiger partial charge in [-0.15, -0.1) is 0 Å². The number of para-hydroxylation sites is 2. The number of carbonyl (C=O) groups excluding carboxylic acids is 1. The summed E-state index contributed by atoms with van der Waals surface area (Å²) >= 11 is 0. The maximum atomic E-state index is 11.8. The zero-order chi connectivity index (χ0) is 11.0. The van der Waals surface area contributed by atoms with Crippen molar-refractivity contribution in [3.8, 4) is 0 Å². The van der Waals surface area contributed by atoms with Crippen molar-refractivity contribution in [3.63, 3.8) is 0 Å². The van der Waals surface area contributed by atoms with Crippen molar-refractivity contribution in [2.45, 2.75) is 19.3 Å². The van der Waals surface area contributed by atoms with E-state index in [0.717, 1.165) is 23.3 Å². The van der Waals surface area contributed by atoms with E-state index in [4.69, 9.17) is 0 Å². The van der Waals surface area contributed by atoms with Gasteiger partial charge in [0.25, 0.3) is 5.91 Å². The molecule has 1 saturated heterocycles. The van der Waals surface area contributed by atoms with Crippen LogP contribution in [-0.4, -0.2) is 25.5 Å². The SMILES string of the molecule is O=C1C[N+]2(CCCCC2)c2ccccc2N1. The van der Waals surface area contributed by atoms with Crippen LogP contribution in [0.5, 0.6) is 0 Å². The minimum absolute atomic E-state index is 0.167. The molecule has 1 amide bonds. The Bertz CT molecular complexity index is 422. The van der Waals surface area contributed by atoms with Gasteiger partial charge < -0.3 is 5.32 Å². The third kappa shape index (κ3) is 1.43. The largest absolute Gasteiger partial charge is 0.316 e. The highest BCUT2D eigenvalue weighted by Gasteiger charge is 2.40. The molecule has 3 nitrogen and oxygen atoms in total. The van der Waals surface area contributed by atoms with Crippen LogP contribution in [0.4, 0.5) is 11.4 Å². The summed E-state index contributed by atoms with van der Waals surface area (Å²) in [5.74, 6) is 0.167. The molecule has 0 radical (unpaired) electrons. The Balaban J connectivity index is 2.08. The van der Waals surface area contributed by atoms with Gasteiger partial charge in [-0.25, -0.2) is 0 Å². The number of hydrogen-bond donors (Lipinski definition) is 1. The number of benzene rings is 1. The molecule has 84 valence electrons. The number of amides is 1. The summed E-state index contributed by atoms with van der Waals surface area (Å²) in [5, 5.41) is 2.98. The molecule has 2 aliphatic rings. The number of fused-ring (bicyclic) bond motifs is 2. The summed E-state index contributed by atoms with van der Waals surface area (Å²) < 4.78 is 0.877. The zero-order valence-corrected chi connectivity index (χ0v) is 9.41. The standard InChI is InChI=1S/C13H16N2O/c16-13-10-15(8-4-1-5-9-15)12-7-3-2-6-11(12)14-13/h2-3,6-7H,1,4-5,8-10H2/p+1. The van der Waals surface area contributed by atoms with Crippen molar-refractivity contribution in [1.29, 1.82) is 0 Å². The van der Waals surface area contributed by atoms with E-state index in [1.54, 1.807) is 0 Å². The lowest BCUT2D eigenvalue weighted by atomic mass is 10.0. The second kappa shape index (κ2) is 3.59. The first-order valence-corrected chi connectivity index (χ1v) is 6.06. The van der Waals surface area contributed by atoms with Crippen LogP contribution in [0.2, 0.25) is 0 Å². The van der Waals surface area contributed by atoms with E-state index in [1.165, 1.54) is 24.9 Å². The first-order valence-electron chi connectivity index (χ1n) is 6.06. The molecule has 0 aliphatic carbocycles. The van der Waals surface area contributed by atoms with Crippen LogP contribution in [0, 0.1) is 0 Å². The lowest BCUT2D eigenvalue weighted by Gasteiger charge is -2.43. The Kier molecular flexibility index (Phi) is 2.21. The third-order valence-corrected chi connectivity index (χ3v) is 3.81. The predicted molar refractivity (Wildman–Crippen MR) is 65.3 cm³/mol. The number of piperidine rings is 1. The molecule has 2 aliphatic heterocycles. The molecule has 1 aromatic carbocycles. The summed E-state index contributed by atoms with van der Waals surface area (Å²) in [5.41, 5.74) is 2.32. The van der Waals surface area contributed by atoms with Crippen LogP contribution in [-0.2, 0) is 4.79 Å². The number of nitrogens with one attached hydrogen (secondary N) is 1.